The molecule has 3 unspecified atom stereocenters. The maximum atomic E-state index is 12.4. The third-order valence-electron chi connectivity index (χ3n) is 6.58. The Morgan fingerprint density at radius 3 is 2.54 bits per heavy atom. The molecule has 3 fully saturated rings. The molecule has 26 heavy (non-hydrogen) atoms. The predicted octanol–water partition coefficient (Wildman–Crippen LogP) is 4.23. The van der Waals surface area contributed by atoms with E-state index >= 15 is 0 Å². The zero-order chi connectivity index (χ0) is 17.7. The Bertz CT molecular complexity index is 798. The van der Waals surface area contributed by atoms with Gasteiger partial charge in [-0.1, -0.05) is 30.3 Å². The molecule has 0 saturated carbocycles. The number of thiophene rings is 1. The molecule has 4 aliphatic heterocycles. The first kappa shape index (κ1) is 16.3. The van der Waals surface area contributed by atoms with Crippen molar-refractivity contribution in [3.05, 3.63) is 57.8 Å². The van der Waals surface area contributed by atoms with Gasteiger partial charge in [-0.05, 0) is 67.3 Å². The molecule has 0 radical (unpaired) electrons. The summed E-state index contributed by atoms with van der Waals surface area (Å²) in [5, 5.41) is 12.3. The van der Waals surface area contributed by atoms with Gasteiger partial charge in [-0.2, -0.15) is 0 Å². The molecule has 4 aliphatic rings. The minimum atomic E-state index is -0.787. The molecule has 3 saturated heterocycles. The second kappa shape index (κ2) is 6.39. The summed E-state index contributed by atoms with van der Waals surface area (Å²) in [4.78, 5) is 17.9. The fraction of sp³-hybridized carbons (Fsp3) is 0.476. The molecular weight excluding hydrogens is 344 g/mol. The molecule has 6 rings (SSSR count). The van der Waals surface area contributed by atoms with Gasteiger partial charge in [0.05, 0.1) is 12.1 Å². The highest BCUT2D eigenvalue weighted by atomic mass is 32.1. The molecule has 2 aromatic rings. The van der Waals surface area contributed by atoms with E-state index < -0.39 is 6.09 Å². The normalized spacial score (nSPS) is 33.1. The number of rotatable bonds is 2. The molecule has 2 bridgehead atoms. The Morgan fingerprint density at radius 1 is 1.08 bits per heavy atom. The summed E-state index contributed by atoms with van der Waals surface area (Å²) in [5.41, 5.74) is 2.47. The van der Waals surface area contributed by atoms with Gasteiger partial charge >= 0.3 is 6.09 Å². The maximum absolute atomic E-state index is 12.4. The molecule has 1 aromatic heterocycles. The Balaban J connectivity index is 1.60. The lowest BCUT2D eigenvalue weighted by atomic mass is 9.76. The van der Waals surface area contributed by atoms with Crippen molar-refractivity contribution in [2.45, 2.75) is 43.8 Å². The van der Waals surface area contributed by atoms with Crippen LogP contribution in [0.4, 0.5) is 4.79 Å². The molecule has 0 aliphatic carbocycles. The van der Waals surface area contributed by atoms with Crippen LogP contribution in [0.1, 0.15) is 41.3 Å². The first-order chi connectivity index (χ1) is 12.7. The zero-order valence-electron chi connectivity index (χ0n) is 14.8. The second-order valence-electron chi connectivity index (χ2n) is 7.86. The molecule has 3 atom stereocenters. The quantitative estimate of drug-likeness (QED) is 0.863. The second-order valence-corrected chi connectivity index (χ2v) is 8.84. The van der Waals surface area contributed by atoms with E-state index in [2.05, 4.69) is 29.2 Å². The first-order valence-corrected chi connectivity index (χ1v) is 10.5. The smallest absolute Gasteiger partial charge is 0.408 e. The summed E-state index contributed by atoms with van der Waals surface area (Å²) >= 11 is 1.66. The van der Waals surface area contributed by atoms with Crippen LogP contribution >= 0.6 is 11.3 Å². The topological polar surface area (TPSA) is 43.8 Å². The van der Waals surface area contributed by atoms with E-state index in [9.17, 15) is 9.90 Å². The van der Waals surface area contributed by atoms with Crippen LogP contribution in [0.5, 0.6) is 0 Å². The standard InChI is InChI=1S/C21H24N2O2S/c24-21(25)23-18(17-12-14-7-9-22(17)10-8-14)13-15-4-1-2-5-16(15)20(23)19-6-3-11-26-19/h1-6,11,14,17-18,20H,7-10,12-13H2,(H,24,25). The highest BCUT2D eigenvalue weighted by Crippen LogP contribution is 2.44. The van der Waals surface area contributed by atoms with Crippen LogP contribution in [0.25, 0.3) is 0 Å². The van der Waals surface area contributed by atoms with E-state index in [1.165, 1.54) is 18.4 Å². The summed E-state index contributed by atoms with van der Waals surface area (Å²) in [6, 6.07) is 12.8. The minimum absolute atomic E-state index is 0.0394. The predicted molar refractivity (Wildman–Crippen MR) is 103 cm³/mol. The SMILES string of the molecule is O=C(O)N1C(c2cccs2)c2ccccc2CC1C1CC2CCN1CC2. The molecule has 5 heteroatoms. The molecule has 4 nitrogen and oxygen atoms in total. The van der Waals surface area contributed by atoms with Crippen molar-refractivity contribution >= 4 is 17.4 Å². The highest BCUT2D eigenvalue weighted by Gasteiger charge is 2.46. The van der Waals surface area contributed by atoms with Gasteiger partial charge < -0.3 is 5.11 Å². The summed E-state index contributed by atoms with van der Waals surface area (Å²) in [7, 11) is 0. The number of carbonyl (C=O) groups is 1. The van der Waals surface area contributed by atoms with Crippen LogP contribution < -0.4 is 0 Å². The monoisotopic (exact) mass is 368 g/mol. The largest absolute Gasteiger partial charge is 0.465 e. The van der Waals surface area contributed by atoms with Gasteiger partial charge in [-0.3, -0.25) is 9.80 Å². The Morgan fingerprint density at radius 2 is 1.88 bits per heavy atom. The number of nitrogens with zero attached hydrogens (tertiary/aromatic N) is 2. The Kier molecular flexibility index (Phi) is 4.02. The number of hydrogen-bond acceptors (Lipinski definition) is 3. The summed E-state index contributed by atoms with van der Waals surface area (Å²) < 4.78 is 0. The van der Waals surface area contributed by atoms with Gasteiger partial charge in [-0.25, -0.2) is 4.79 Å². The van der Waals surface area contributed by atoms with Crippen molar-refractivity contribution in [3.8, 4) is 0 Å². The molecular formula is C21H24N2O2S. The van der Waals surface area contributed by atoms with Gasteiger partial charge in [0.25, 0.3) is 0 Å². The van der Waals surface area contributed by atoms with Crippen LogP contribution in [0.15, 0.2) is 41.8 Å². The van der Waals surface area contributed by atoms with Crippen LogP contribution in [-0.4, -0.2) is 46.2 Å². The van der Waals surface area contributed by atoms with E-state index in [1.54, 1.807) is 16.2 Å². The van der Waals surface area contributed by atoms with Crippen molar-refractivity contribution in [1.29, 1.82) is 0 Å². The van der Waals surface area contributed by atoms with E-state index in [-0.39, 0.29) is 12.1 Å². The zero-order valence-corrected chi connectivity index (χ0v) is 15.6. The fourth-order valence-electron chi connectivity index (χ4n) is 5.37. The summed E-state index contributed by atoms with van der Waals surface area (Å²) in [6.07, 6.45) is 3.75. The number of fused-ring (bicyclic) bond motifs is 4. The van der Waals surface area contributed by atoms with Crippen molar-refractivity contribution in [2.75, 3.05) is 13.1 Å². The molecule has 5 heterocycles. The lowest BCUT2D eigenvalue weighted by Gasteiger charge is -2.53. The lowest BCUT2D eigenvalue weighted by molar-refractivity contribution is -0.0130. The van der Waals surface area contributed by atoms with Crippen LogP contribution in [-0.2, 0) is 6.42 Å². The van der Waals surface area contributed by atoms with Gasteiger partial charge in [0.15, 0.2) is 0 Å². The minimum Gasteiger partial charge on any atom is -0.465 e. The number of benzene rings is 1. The average molecular weight is 369 g/mol. The number of carboxylic acid groups (broad SMARTS) is 1. The summed E-state index contributed by atoms with van der Waals surface area (Å²) in [5.74, 6) is 0.776. The lowest BCUT2D eigenvalue weighted by Crippen LogP contribution is -2.61. The van der Waals surface area contributed by atoms with Crippen molar-refractivity contribution in [2.24, 2.45) is 5.92 Å². The van der Waals surface area contributed by atoms with Crippen LogP contribution in [0, 0.1) is 5.92 Å². The number of piperidine rings is 3. The number of hydrogen-bond donors (Lipinski definition) is 1. The molecule has 0 spiro atoms. The van der Waals surface area contributed by atoms with Gasteiger partial charge in [0.1, 0.15) is 0 Å². The Hall–Kier alpha value is -1.85. The van der Waals surface area contributed by atoms with Gasteiger partial charge in [-0.15, -0.1) is 11.3 Å². The van der Waals surface area contributed by atoms with Crippen LogP contribution in [0.2, 0.25) is 0 Å². The average Bonchev–Trinajstić information content (AvgIpc) is 3.21. The third-order valence-corrected chi connectivity index (χ3v) is 7.51. The van der Waals surface area contributed by atoms with Gasteiger partial charge in [0, 0.05) is 10.9 Å². The van der Waals surface area contributed by atoms with E-state index in [0.717, 1.165) is 42.3 Å². The maximum Gasteiger partial charge on any atom is 0.408 e. The van der Waals surface area contributed by atoms with Gasteiger partial charge in [0.2, 0.25) is 0 Å². The molecule has 1 aromatic carbocycles. The Labute approximate surface area is 158 Å². The number of amides is 1. The summed E-state index contributed by atoms with van der Waals surface area (Å²) in [6.45, 7) is 2.26. The highest BCUT2D eigenvalue weighted by molar-refractivity contribution is 7.10. The van der Waals surface area contributed by atoms with E-state index in [1.807, 2.05) is 17.5 Å². The van der Waals surface area contributed by atoms with E-state index in [0.29, 0.717) is 6.04 Å². The molecule has 136 valence electrons. The van der Waals surface area contributed by atoms with Crippen LogP contribution in [0.3, 0.4) is 0 Å². The van der Waals surface area contributed by atoms with E-state index in [4.69, 9.17) is 0 Å². The fourth-order valence-corrected chi connectivity index (χ4v) is 6.21. The van der Waals surface area contributed by atoms with Crippen molar-refractivity contribution in [1.82, 2.24) is 9.80 Å². The molecule has 1 amide bonds. The third kappa shape index (κ3) is 2.57. The van der Waals surface area contributed by atoms with Crippen molar-refractivity contribution < 1.29 is 9.90 Å². The van der Waals surface area contributed by atoms with Crippen molar-refractivity contribution in [3.63, 3.8) is 0 Å². The molecule has 1 N–H and O–H groups in total. The first-order valence-electron chi connectivity index (χ1n) is 9.59.